The number of nitrogens with zero attached hydrogens (tertiary/aromatic N) is 1. The summed E-state index contributed by atoms with van der Waals surface area (Å²) in [6, 6.07) is 0.623. The first kappa shape index (κ1) is 16.3. The van der Waals surface area contributed by atoms with Gasteiger partial charge in [-0.1, -0.05) is 33.6 Å². The quantitative estimate of drug-likeness (QED) is 0.777. The molecule has 0 bridgehead atoms. The van der Waals surface area contributed by atoms with Gasteiger partial charge in [-0.05, 0) is 44.3 Å². The molecule has 3 nitrogen and oxygen atoms in total. The molecule has 0 aliphatic carbocycles. The number of piperidine rings is 1. The van der Waals surface area contributed by atoms with Crippen molar-refractivity contribution in [3.63, 3.8) is 0 Å². The lowest BCUT2D eigenvalue weighted by Crippen LogP contribution is -2.49. The van der Waals surface area contributed by atoms with E-state index in [4.69, 9.17) is 4.74 Å². The first-order valence-corrected chi connectivity index (χ1v) is 8.76. The summed E-state index contributed by atoms with van der Waals surface area (Å²) >= 11 is 0. The summed E-state index contributed by atoms with van der Waals surface area (Å²) in [5.74, 6) is 0.721. The Hall–Kier alpha value is -0.120. The average Bonchev–Trinajstić information content (AvgIpc) is 3.02. The van der Waals surface area contributed by atoms with Crippen LogP contribution in [0, 0.1) is 11.3 Å². The van der Waals surface area contributed by atoms with E-state index in [1.165, 1.54) is 51.7 Å². The SMILES string of the molecule is CCNC(CN1CCC(CC)(CC)CC1)C1CCOC1. The number of likely N-dealkylation sites (tertiary alicyclic amines) is 1. The van der Waals surface area contributed by atoms with Gasteiger partial charge in [0.05, 0.1) is 6.61 Å². The van der Waals surface area contributed by atoms with Gasteiger partial charge in [0.1, 0.15) is 0 Å². The van der Waals surface area contributed by atoms with E-state index in [0.717, 1.165) is 25.7 Å². The molecule has 2 aliphatic rings. The van der Waals surface area contributed by atoms with Crippen LogP contribution in [-0.4, -0.2) is 50.3 Å². The van der Waals surface area contributed by atoms with Gasteiger partial charge in [-0.2, -0.15) is 0 Å². The third-order valence-corrected chi connectivity index (χ3v) is 5.87. The zero-order chi connectivity index (χ0) is 14.4. The highest BCUT2D eigenvalue weighted by molar-refractivity contribution is 4.88. The number of rotatable bonds is 7. The normalized spacial score (nSPS) is 28.6. The second kappa shape index (κ2) is 7.77. The standard InChI is InChI=1S/C17H34N2O/c1-4-17(5-2)8-10-19(11-9-17)13-16(18-6-3)15-7-12-20-14-15/h15-16,18H,4-14H2,1-3H3. The van der Waals surface area contributed by atoms with Crippen molar-refractivity contribution in [1.29, 1.82) is 0 Å². The molecule has 0 saturated carbocycles. The van der Waals surface area contributed by atoms with E-state index in [-0.39, 0.29) is 0 Å². The molecule has 0 radical (unpaired) electrons. The van der Waals surface area contributed by atoms with E-state index in [1.54, 1.807) is 0 Å². The monoisotopic (exact) mass is 282 g/mol. The Morgan fingerprint density at radius 1 is 1.20 bits per heavy atom. The molecule has 2 atom stereocenters. The summed E-state index contributed by atoms with van der Waals surface area (Å²) in [6.45, 7) is 13.7. The lowest BCUT2D eigenvalue weighted by Gasteiger charge is -2.42. The molecule has 0 amide bonds. The highest BCUT2D eigenvalue weighted by Crippen LogP contribution is 2.38. The van der Waals surface area contributed by atoms with Crippen LogP contribution in [0.2, 0.25) is 0 Å². The maximum Gasteiger partial charge on any atom is 0.0510 e. The van der Waals surface area contributed by atoms with E-state index in [1.807, 2.05) is 0 Å². The Morgan fingerprint density at radius 2 is 1.90 bits per heavy atom. The highest BCUT2D eigenvalue weighted by atomic mass is 16.5. The molecule has 2 rings (SSSR count). The predicted octanol–water partition coefficient (Wildman–Crippen LogP) is 2.90. The second-order valence-electron chi connectivity index (χ2n) is 6.80. The van der Waals surface area contributed by atoms with E-state index < -0.39 is 0 Å². The van der Waals surface area contributed by atoms with Crippen LogP contribution in [0.5, 0.6) is 0 Å². The van der Waals surface area contributed by atoms with E-state index in [9.17, 15) is 0 Å². The van der Waals surface area contributed by atoms with Crippen LogP contribution < -0.4 is 5.32 Å². The zero-order valence-electron chi connectivity index (χ0n) is 13.8. The molecule has 20 heavy (non-hydrogen) atoms. The molecular formula is C17H34N2O. The van der Waals surface area contributed by atoms with Crippen molar-refractivity contribution in [3.05, 3.63) is 0 Å². The second-order valence-corrected chi connectivity index (χ2v) is 6.80. The minimum atomic E-state index is 0.623. The van der Waals surface area contributed by atoms with Crippen LogP contribution in [0.25, 0.3) is 0 Å². The van der Waals surface area contributed by atoms with E-state index >= 15 is 0 Å². The largest absolute Gasteiger partial charge is 0.381 e. The number of ether oxygens (including phenoxy) is 1. The molecule has 0 spiro atoms. The van der Waals surface area contributed by atoms with Crippen molar-refractivity contribution in [2.24, 2.45) is 11.3 Å². The molecule has 0 aromatic rings. The summed E-state index contributed by atoms with van der Waals surface area (Å²) in [7, 11) is 0. The maximum atomic E-state index is 5.58. The van der Waals surface area contributed by atoms with Crippen LogP contribution >= 0.6 is 0 Å². The van der Waals surface area contributed by atoms with Gasteiger partial charge in [-0.3, -0.25) is 0 Å². The minimum Gasteiger partial charge on any atom is -0.381 e. The van der Waals surface area contributed by atoms with Gasteiger partial charge in [0.2, 0.25) is 0 Å². The Labute approximate surface area is 125 Å². The Balaban J connectivity index is 1.82. The molecule has 3 heteroatoms. The number of hydrogen-bond donors (Lipinski definition) is 1. The summed E-state index contributed by atoms with van der Waals surface area (Å²) < 4.78 is 5.58. The van der Waals surface area contributed by atoms with Crippen molar-refractivity contribution >= 4 is 0 Å². The van der Waals surface area contributed by atoms with Crippen LogP contribution in [0.15, 0.2) is 0 Å². The van der Waals surface area contributed by atoms with Gasteiger partial charge in [-0.15, -0.1) is 0 Å². The summed E-state index contributed by atoms with van der Waals surface area (Å²) in [5, 5.41) is 3.70. The fourth-order valence-electron chi connectivity index (χ4n) is 3.96. The molecular weight excluding hydrogens is 248 g/mol. The van der Waals surface area contributed by atoms with Gasteiger partial charge in [0.15, 0.2) is 0 Å². The van der Waals surface area contributed by atoms with Gasteiger partial charge in [-0.25, -0.2) is 0 Å². The lowest BCUT2D eigenvalue weighted by molar-refractivity contribution is 0.0803. The van der Waals surface area contributed by atoms with Crippen molar-refractivity contribution in [2.75, 3.05) is 39.4 Å². The third-order valence-electron chi connectivity index (χ3n) is 5.87. The van der Waals surface area contributed by atoms with Gasteiger partial charge < -0.3 is 15.0 Å². The fraction of sp³-hybridized carbons (Fsp3) is 1.00. The predicted molar refractivity (Wildman–Crippen MR) is 85.1 cm³/mol. The van der Waals surface area contributed by atoms with Crippen molar-refractivity contribution in [1.82, 2.24) is 10.2 Å². The number of nitrogens with one attached hydrogen (secondary N) is 1. The highest BCUT2D eigenvalue weighted by Gasteiger charge is 2.33. The fourth-order valence-corrected chi connectivity index (χ4v) is 3.96. The minimum absolute atomic E-state index is 0.623. The molecule has 1 N–H and O–H groups in total. The molecule has 2 heterocycles. The smallest absolute Gasteiger partial charge is 0.0510 e. The maximum absolute atomic E-state index is 5.58. The van der Waals surface area contributed by atoms with Crippen molar-refractivity contribution in [2.45, 2.75) is 58.9 Å². The summed E-state index contributed by atoms with van der Waals surface area (Å²) in [6.07, 6.45) is 6.72. The van der Waals surface area contributed by atoms with Crippen molar-refractivity contribution < 1.29 is 4.74 Å². The van der Waals surface area contributed by atoms with Crippen LogP contribution in [-0.2, 0) is 4.74 Å². The first-order chi connectivity index (χ1) is 9.73. The van der Waals surface area contributed by atoms with Crippen LogP contribution in [0.4, 0.5) is 0 Å². The van der Waals surface area contributed by atoms with Crippen LogP contribution in [0.1, 0.15) is 52.9 Å². The van der Waals surface area contributed by atoms with Gasteiger partial charge >= 0.3 is 0 Å². The molecule has 0 aromatic heterocycles. The molecule has 2 unspecified atom stereocenters. The molecule has 2 fully saturated rings. The number of hydrogen-bond acceptors (Lipinski definition) is 3. The van der Waals surface area contributed by atoms with Crippen molar-refractivity contribution in [3.8, 4) is 0 Å². The number of likely N-dealkylation sites (N-methyl/N-ethyl adjacent to an activating group) is 1. The molecule has 2 aliphatic heterocycles. The molecule has 118 valence electrons. The first-order valence-electron chi connectivity index (χ1n) is 8.76. The zero-order valence-corrected chi connectivity index (χ0v) is 13.8. The average molecular weight is 282 g/mol. The topological polar surface area (TPSA) is 24.5 Å². The molecule has 0 aromatic carbocycles. The Bertz CT molecular complexity index is 262. The van der Waals surface area contributed by atoms with Gasteiger partial charge in [0.25, 0.3) is 0 Å². The summed E-state index contributed by atoms with van der Waals surface area (Å²) in [5.41, 5.74) is 0.640. The molecule has 2 saturated heterocycles. The summed E-state index contributed by atoms with van der Waals surface area (Å²) in [4.78, 5) is 2.69. The lowest BCUT2D eigenvalue weighted by atomic mass is 9.74. The van der Waals surface area contributed by atoms with Gasteiger partial charge in [0, 0.05) is 25.1 Å². The Morgan fingerprint density at radius 3 is 2.40 bits per heavy atom. The van der Waals surface area contributed by atoms with E-state index in [0.29, 0.717) is 11.5 Å². The Kier molecular flexibility index (Phi) is 6.31. The van der Waals surface area contributed by atoms with E-state index in [2.05, 4.69) is 31.0 Å². The third kappa shape index (κ3) is 3.96. The van der Waals surface area contributed by atoms with Crippen LogP contribution in [0.3, 0.4) is 0 Å².